The minimum Gasteiger partial charge on any atom is -0.481 e. The zero-order valence-corrected chi connectivity index (χ0v) is 25.5. The first kappa shape index (κ1) is 42.1. The lowest BCUT2D eigenvalue weighted by Gasteiger charge is -2.16. The van der Waals surface area contributed by atoms with Gasteiger partial charge >= 0.3 is 11.9 Å². The van der Waals surface area contributed by atoms with Gasteiger partial charge in [-0.25, -0.2) is 9.59 Å². The third-order valence-corrected chi connectivity index (χ3v) is 5.58. The van der Waals surface area contributed by atoms with Crippen molar-refractivity contribution in [3.05, 3.63) is 59.7 Å². The fourth-order valence-electron chi connectivity index (χ4n) is 2.90. The van der Waals surface area contributed by atoms with Crippen molar-refractivity contribution in [1.82, 2.24) is 0 Å². The number of rotatable bonds is 16. The number of nitrogens with zero attached hydrogens (tertiary/aromatic N) is 2. The number of hydrogen-bond donors (Lipinski definition) is 6. The highest BCUT2D eigenvalue weighted by atomic mass is 16.4. The Balaban J connectivity index is 0. The second kappa shape index (κ2) is 27.8. The number of benzene rings is 2. The third kappa shape index (κ3) is 26.9. The molecule has 0 bridgehead atoms. The van der Waals surface area contributed by atoms with E-state index in [1.54, 1.807) is 38.1 Å². The van der Waals surface area contributed by atoms with Crippen molar-refractivity contribution in [3.63, 3.8) is 0 Å². The molecule has 0 saturated carbocycles. The fraction of sp³-hybridized carbons (Fsp3) is 0.500. The summed E-state index contributed by atoms with van der Waals surface area (Å²) in [5.41, 5.74) is 3.09. The molecule has 0 saturated heterocycles. The normalized spacial score (nSPS) is 9.77. The number of aliphatic hydroxyl groups is 4. The molecule has 0 fully saturated rings. The van der Waals surface area contributed by atoms with Crippen LogP contribution in [0.25, 0.3) is 0 Å². The van der Waals surface area contributed by atoms with Crippen molar-refractivity contribution < 1.29 is 49.8 Å². The number of hydrogen-bond acceptors (Lipinski definition) is 10. The van der Waals surface area contributed by atoms with E-state index in [0.29, 0.717) is 24.2 Å². The minimum atomic E-state index is -0.870. The molecule has 0 aliphatic rings. The van der Waals surface area contributed by atoms with Crippen LogP contribution in [0.2, 0.25) is 0 Å². The second-order valence-electron chi connectivity index (χ2n) is 10.3. The Morgan fingerprint density at radius 3 is 1.18 bits per heavy atom. The van der Waals surface area contributed by atoms with Gasteiger partial charge in [0, 0.05) is 31.5 Å². The summed E-state index contributed by atoms with van der Waals surface area (Å²) in [4.78, 5) is 47.1. The maximum Gasteiger partial charge on any atom is 0.303 e. The van der Waals surface area contributed by atoms with Gasteiger partial charge in [-0.05, 0) is 67.5 Å². The Hall–Kier alpha value is -4.02. The number of aliphatic hydroxyl groups excluding tert-OH is 4. The highest BCUT2D eigenvalue weighted by Gasteiger charge is 2.13. The number of carbonyl (C=O) groups excluding carboxylic acids is 2. The van der Waals surface area contributed by atoms with Crippen LogP contribution in [0, 0.1) is 5.41 Å². The topological polar surface area (TPSA) is 214 Å². The zero-order valence-electron chi connectivity index (χ0n) is 25.5. The van der Waals surface area contributed by atoms with Crippen molar-refractivity contribution in [2.45, 2.75) is 71.6 Å². The number of isocyanates is 2. The quantitative estimate of drug-likeness (QED) is 0.0882. The monoisotopic (exact) mass is 618 g/mol. The molecule has 0 unspecified atom stereocenters. The van der Waals surface area contributed by atoms with Crippen molar-refractivity contribution in [2.24, 2.45) is 15.4 Å². The molecule has 12 heteroatoms. The van der Waals surface area contributed by atoms with Crippen LogP contribution in [0.1, 0.15) is 76.3 Å². The van der Waals surface area contributed by atoms with E-state index in [9.17, 15) is 19.2 Å². The molecule has 2 rings (SSSR count). The average Bonchev–Trinajstić information content (AvgIpc) is 3.01. The van der Waals surface area contributed by atoms with Crippen LogP contribution in [-0.2, 0) is 25.6 Å². The van der Waals surface area contributed by atoms with Gasteiger partial charge < -0.3 is 30.6 Å². The minimum absolute atomic E-state index is 0.0451. The molecule has 0 heterocycles. The van der Waals surface area contributed by atoms with Gasteiger partial charge in [0.25, 0.3) is 0 Å². The van der Waals surface area contributed by atoms with E-state index >= 15 is 0 Å². The Kier molecular flexibility index (Phi) is 26.6. The van der Waals surface area contributed by atoms with Crippen molar-refractivity contribution >= 4 is 35.5 Å². The summed E-state index contributed by atoms with van der Waals surface area (Å²) in [6.07, 6.45) is 8.61. The molecule has 0 aliphatic heterocycles. The molecule has 6 N–H and O–H groups in total. The number of aliphatic carboxylic acids is 2. The van der Waals surface area contributed by atoms with E-state index in [4.69, 9.17) is 30.6 Å². The maximum atomic E-state index is 10.1. The standard InChI is InChI=1S/C15H10N2O2.C6H10O4.C6H14O2.C5H12O2/c18-10-16-14-5-1-12(2-6-14)9-13-3-7-15(8-4-13)17-11-19;7-5(8)3-1-2-4-6(9)10;7-5-3-1-2-4-6-8;1-5(2,3-6)4-7/h1-8H,9H2;1-4H2,(H,7,8)(H,9,10);7-8H,1-6H2;6-7H,3-4H2,1-2H3. The summed E-state index contributed by atoms with van der Waals surface area (Å²) in [5.74, 6) is -1.74. The first-order valence-corrected chi connectivity index (χ1v) is 14.2. The SMILES string of the molecule is CC(C)(CO)CO.O=C(O)CCCCC(=O)O.O=C=Nc1ccc(Cc2ccc(N=C=O)cc2)cc1.OCCCCCCO. The average molecular weight is 619 g/mol. The van der Waals surface area contributed by atoms with E-state index in [-0.39, 0.29) is 44.7 Å². The first-order chi connectivity index (χ1) is 21.0. The lowest BCUT2D eigenvalue weighted by atomic mass is 9.97. The molecule has 0 atom stereocenters. The molecule has 244 valence electrons. The van der Waals surface area contributed by atoms with Crippen molar-refractivity contribution in [3.8, 4) is 0 Å². The van der Waals surface area contributed by atoms with Gasteiger partial charge in [-0.1, -0.05) is 51.0 Å². The molecule has 12 nitrogen and oxygen atoms in total. The number of carbonyl (C=O) groups is 2. The fourth-order valence-corrected chi connectivity index (χ4v) is 2.90. The van der Waals surface area contributed by atoms with Crippen LogP contribution in [0.5, 0.6) is 0 Å². The van der Waals surface area contributed by atoms with Gasteiger partial charge in [-0.3, -0.25) is 9.59 Å². The molecule has 0 aliphatic carbocycles. The predicted molar refractivity (Wildman–Crippen MR) is 166 cm³/mol. The predicted octanol–water partition coefficient (Wildman–Crippen LogP) is 4.46. The van der Waals surface area contributed by atoms with Crippen LogP contribution in [0.15, 0.2) is 58.5 Å². The van der Waals surface area contributed by atoms with Gasteiger partial charge in [-0.2, -0.15) is 9.98 Å². The van der Waals surface area contributed by atoms with E-state index in [0.717, 1.165) is 43.2 Å². The van der Waals surface area contributed by atoms with Crippen LogP contribution < -0.4 is 0 Å². The van der Waals surface area contributed by atoms with Gasteiger partial charge in [0.2, 0.25) is 12.2 Å². The second-order valence-corrected chi connectivity index (χ2v) is 10.3. The van der Waals surface area contributed by atoms with Crippen LogP contribution >= 0.6 is 0 Å². The molecule has 0 amide bonds. The molecular formula is C32H46N2O10. The highest BCUT2D eigenvalue weighted by Crippen LogP contribution is 2.18. The van der Waals surface area contributed by atoms with Crippen LogP contribution in [0.3, 0.4) is 0 Å². The lowest BCUT2D eigenvalue weighted by molar-refractivity contribution is -0.139. The van der Waals surface area contributed by atoms with E-state index in [2.05, 4.69) is 9.98 Å². The Morgan fingerprint density at radius 1 is 0.614 bits per heavy atom. The van der Waals surface area contributed by atoms with Gasteiger partial charge in [0.1, 0.15) is 0 Å². The molecule has 0 spiro atoms. The Morgan fingerprint density at radius 2 is 0.955 bits per heavy atom. The first-order valence-electron chi connectivity index (χ1n) is 14.2. The van der Waals surface area contributed by atoms with Crippen molar-refractivity contribution in [1.29, 1.82) is 0 Å². The van der Waals surface area contributed by atoms with E-state index < -0.39 is 11.9 Å². The maximum absolute atomic E-state index is 10.1. The van der Waals surface area contributed by atoms with E-state index in [1.807, 2.05) is 24.3 Å². The van der Waals surface area contributed by atoms with Gasteiger partial charge in [0.05, 0.1) is 24.6 Å². The summed E-state index contributed by atoms with van der Waals surface area (Å²) in [6, 6.07) is 14.7. The molecule has 44 heavy (non-hydrogen) atoms. The number of carboxylic acid groups (broad SMARTS) is 2. The highest BCUT2D eigenvalue weighted by molar-refractivity contribution is 5.68. The molecule has 0 aromatic heterocycles. The number of carboxylic acids is 2. The number of aliphatic imine (C=N–C) groups is 2. The summed E-state index contributed by atoms with van der Waals surface area (Å²) in [7, 11) is 0. The molecular weight excluding hydrogens is 572 g/mol. The smallest absolute Gasteiger partial charge is 0.303 e. The Bertz CT molecular complexity index is 1040. The van der Waals surface area contributed by atoms with Crippen molar-refractivity contribution in [2.75, 3.05) is 26.4 Å². The zero-order chi connectivity index (χ0) is 33.6. The molecule has 0 radical (unpaired) electrons. The van der Waals surface area contributed by atoms with Gasteiger partial charge in [-0.15, -0.1) is 0 Å². The lowest BCUT2D eigenvalue weighted by Crippen LogP contribution is -2.20. The van der Waals surface area contributed by atoms with E-state index in [1.165, 1.54) is 12.2 Å². The van der Waals surface area contributed by atoms with Crippen LogP contribution in [-0.4, -0.2) is 81.2 Å². The Labute approximate surface area is 258 Å². The largest absolute Gasteiger partial charge is 0.481 e. The summed E-state index contributed by atoms with van der Waals surface area (Å²) in [5, 5.41) is 49.7. The number of unbranched alkanes of at least 4 members (excludes halogenated alkanes) is 4. The van der Waals surface area contributed by atoms with Gasteiger partial charge in [0.15, 0.2) is 0 Å². The summed E-state index contributed by atoms with van der Waals surface area (Å²) >= 11 is 0. The summed E-state index contributed by atoms with van der Waals surface area (Å²) in [6.45, 7) is 4.25. The van der Waals surface area contributed by atoms with Crippen LogP contribution in [0.4, 0.5) is 11.4 Å². The molecule has 2 aromatic rings. The molecule has 2 aromatic carbocycles. The third-order valence-electron chi connectivity index (χ3n) is 5.58. The summed E-state index contributed by atoms with van der Waals surface area (Å²) < 4.78 is 0.